The topological polar surface area (TPSA) is 70.6 Å². The predicted molar refractivity (Wildman–Crippen MR) is 81.2 cm³/mol. The molecule has 21 heavy (non-hydrogen) atoms. The maximum absolute atomic E-state index is 11.6. The molecule has 0 aromatic carbocycles. The first-order valence-corrected chi connectivity index (χ1v) is 8.48. The van der Waals surface area contributed by atoms with Crippen LogP contribution in [0.3, 0.4) is 0 Å². The van der Waals surface area contributed by atoms with Crippen molar-refractivity contribution in [2.75, 3.05) is 18.0 Å². The summed E-state index contributed by atoms with van der Waals surface area (Å²) in [5.41, 5.74) is 0.751. The van der Waals surface area contributed by atoms with Gasteiger partial charge in [0.1, 0.15) is 0 Å². The minimum absolute atomic E-state index is 0.114. The summed E-state index contributed by atoms with van der Waals surface area (Å²) in [7, 11) is 0. The van der Waals surface area contributed by atoms with Crippen molar-refractivity contribution in [1.82, 2.24) is 9.88 Å². The molecule has 3 rings (SSSR count). The Bertz CT molecular complexity index is 579. The lowest BCUT2D eigenvalue weighted by Crippen LogP contribution is -2.49. The standard InChI is InChI=1S/C13H15N3O3S2/c1-8(17)21-10-5-15(6-10)13-14-9(7-20-13)4-16-11(18)2-3-12(16)19/h7,10H,2-6H2,1H3. The van der Waals surface area contributed by atoms with E-state index < -0.39 is 0 Å². The van der Waals surface area contributed by atoms with Gasteiger partial charge < -0.3 is 4.90 Å². The van der Waals surface area contributed by atoms with E-state index in [1.807, 2.05) is 5.38 Å². The maximum Gasteiger partial charge on any atom is 0.230 e. The van der Waals surface area contributed by atoms with E-state index in [1.165, 1.54) is 28.0 Å². The summed E-state index contributed by atoms with van der Waals surface area (Å²) in [6.07, 6.45) is 0.623. The summed E-state index contributed by atoms with van der Waals surface area (Å²) in [5.74, 6) is -0.229. The molecule has 0 aliphatic carbocycles. The van der Waals surface area contributed by atoms with Gasteiger partial charge in [-0.3, -0.25) is 19.3 Å². The van der Waals surface area contributed by atoms with Gasteiger partial charge >= 0.3 is 0 Å². The van der Waals surface area contributed by atoms with Gasteiger partial charge in [0, 0.05) is 43.5 Å². The first-order chi connectivity index (χ1) is 10.0. The number of amides is 2. The minimum atomic E-state index is -0.114. The molecule has 2 amide bonds. The summed E-state index contributed by atoms with van der Waals surface area (Å²) in [5, 5.41) is 3.27. The van der Waals surface area contributed by atoms with Crippen molar-refractivity contribution in [3.05, 3.63) is 11.1 Å². The first kappa shape index (κ1) is 14.5. The zero-order chi connectivity index (χ0) is 15.0. The average molecular weight is 325 g/mol. The van der Waals surface area contributed by atoms with Crippen LogP contribution in [0.25, 0.3) is 0 Å². The van der Waals surface area contributed by atoms with Gasteiger partial charge in [0.25, 0.3) is 0 Å². The fourth-order valence-corrected chi connectivity index (χ4v) is 4.19. The number of hydrogen-bond donors (Lipinski definition) is 0. The van der Waals surface area contributed by atoms with E-state index in [0.29, 0.717) is 18.1 Å². The molecule has 1 aromatic rings. The number of aromatic nitrogens is 1. The summed E-state index contributed by atoms with van der Waals surface area (Å²) in [6, 6.07) is 0. The molecule has 3 heterocycles. The molecule has 0 bridgehead atoms. The monoisotopic (exact) mass is 325 g/mol. The van der Waals surface area contributed by atoms with Crippen LogP contribution in [0.1, 0.15) is 25.5 Å². The van der Waals surface area contributed by atoms with E-state index in [0.717, 1.165) is 23.9 Å². The van der Waals surface area contributed by atoms with E-state index in [9.17, 15) is 14.4 Å². The van der Waals surface area contributed by atoms with Crippen LogP contribution < -0.4 is 4.90 Å². The van der Waals surface area contributed by atoms with Gasteiger partial charge in [-0.2, -0.15) is 0 Å². The van der Waals surface area contributed by atoms with E-state index in [1.54, 1.807) is 6.92 Å². The molecule has 1 aromatic heterocycles. The number of thioether (sulfide) groups is 1. The van der Waals surface area contributed by atoms with E-state index in [4.69, 9.17) is 0 Å². The molecule has 2 aliphatic heterocycles. The molecule has 0 atom stereocenters. The minimum Gasteiger partial charge on any atom is -0.346 e. The van der Waals surface area contributed by atoms with E-state index in [2.05, 4.69) is 9.88 Å². The average Bonchev–Trinajstić information content (AvgIpc) is 2.95. The quantitative estimate of drug-likeness (QED) is 0.776. The number of rotatable bonds is 4. The Labute approximate surface area is 130 Å². The molecule has 8 heteroatoms. The molecular weight excluding hydrogens is 310 g/mol. The Hall–Kier alpha value is -1.41. The van der Waals surface area contributed by atoms with Crippen molar-refractivity contribution in [2.45, 2.75) is 31.6 Å². The zero-order valence-corrected chi connectivity index (χ0v) is 13.2. The predicted octanol–water partition coefficient (Wildman–Crippen LogP) is 1.26. The third-order valence-corrected chi connectivity index (χ3v) is 5.38. The lowest BCUT2D eigenvalue weighted by molar-refractivity contribution is -0.139. The summed E-state index contributed by atoms with van der Waals surface area (Å²) in [4.78, 5) is 42.0. The second-order valence-electron chi connectivity index (χ2n) is 5.13. The molecule has 0 N–H and O–H groups in total. The summed E-state index contributed by atoms with van der Waals surface area (Å²) in [6.45, 7) is 3.49. The Morgan fingerprint density at radius 1 is 1.38 bits per heavy atom. The van der Waals surface area contributed by atoms with Gasteiger partial charge in [-0.1, -0.05) is 11.8 Å². The second kappa shape index (κ2) is 5.76. The fraction of sp³-hybridized carbons (Fsp3) is 0.538. The van der Waals surface area contributed by atoms with Gasteiger partial charge in [0.2, 0.25) is 11.8 Å². The lowest BCUT2D eigenvalue weighted by Gasteiger charge is -2.37. The fourth-order valence-electron chi connectivity index (χ4n) is 2.38. The molecule has 2 fully saturated rings. The molecule has 0 spiro atoms. The molecule has 112 valence electrons. The number of imide groups is 1. The molecule has 0 unspecified atom stereocenters. The van der Waals surface area contributed by atoms with Crippen LogP contribution in [0.5, 0.6) is 0 Å². The molecule has 0 saturated carbocycles. The Balaban J connectivity index is 1.56. The van der Waals surface area contributed by atoms with Crippen LogP contribution in [-0.2, 0) is 20.9 Å². The van der Waals surface area contributed by atoms with Crippen molar-refractivity contribution in [1.29, 1.82) is 0 Å². The zero-order valence-electron chi connectivity index (χ0n) is 11.6. The van der Waals surface area contributed by atoms with Gasteiger partial charge in [0.15, 0.2) is 10.2 Å². The number of hydrogen-bond acceptors (Lipinski definition) is 7. The largest absolute Gasteiger partial charge is 0.346 e. The summed E-state index contributed by atoms with van der Waals surface area (Å²) < 4.78 is 0. The number of carbonyl (C=O) groups excluding carboxylic acids is 3. The van der Waals surface area contributed by atoms with Crippen molar-refractivity contribution >= 4 is 45.2 Å². The Kier molecular flexibility index (Phi) is 3.99. The van der Waals surface area contributed by atoms with Crippen LogP contribution in [0.4, 0.5) is 5.13 Å². The van der Waals surface area contributed by atoms with E-state index >= 15 is 0 Å². The van der Waals surface area contributed by atoms with Crippen LogP contribution in [0, 0.1) is 0 Å². The number of anilines is 1. The Morgan fingerprint density at radius 2 is 2.05 bits per heavy atom. The van der Waals surface area contributed by atoms with Crippen molar-refractivity contribution in [3.63, 3.8) is 0 Å². The summed E-state index contributed by atoms with van der Waals surface area (Å²) >= 11 is 2.88. The van der Waals surface area contributed by atoms with Crippen molar-refractivity contribution < 1.29 is 14.4 Å². The van der Waals surface area contributed by atoms with E-state index in [-0.39, 0.29) is 23.5 Å². The molecular formula is C13H15N3O3S2. The third kappa shape index (κ3) is 3.11. The highest BCUT2D eigenvalue weighted by Gasteiger charge is 2.32. The highest BCUT2D eigenvalue weighted by atomic mass is 32.2. The first-order valence-electron chi connectivity index (χ1n) is 6.72. The van der Waals surface area contributed by atoms with Crippen LogP contribution in [-0.4, -0.2) is 45.2 Å². The smallest absolute Gasteiger partial charge is 0.230 e. The third-order valence-electron chi connectivity index (χ3n) is 3.47. The van der Waals surface area contributed by atoms with Crippen LogP contribution >= 0.6 is 23.1 Å². The second-order valence-corrected chi connectivity index (χ2v) is 7.45. The number of thiazole rings is 1. The number of carbonyl (C=O) groups is 3. The molecule has 2 aliphatic rings. The van der Waals surface area contributed by atoms with Gasteiger partial charge in [-0.25, -0.2) is 4.98 Å². The number of nitrogens with zero attached hydrogens (tertiary/aromatic N) is 3. The lowest BCUT2D eigenvalue weighted by atomic mass is 10.2. The molecule has 0 radical (unpaired) electrons. The Morgan fingerprint density at radius 3 is 2.67 bits per heavy atom. The van der Waals surface area contributed by atoms with Crippen molar-refractivity contribution in [3.8, 4) is 0 Å². The van der Waals surface area contributed by atoms with Gasteiger partial charge in [-0.05, 0) is 0 Å². The van der Waals surface area contributed by atoms with Gasteiger partial charge in [0.05, 0.1) is 12.2 Å². The molecule has 6 nitrogen and oxygen atoms in total. The van der Waals surface area contributed by atoms with Gasteiger partial charge in [-0.15, -0.1) is 11.3 Å². The highest BCUT2D eigenvalue weighted by molar-refractivity contribution is 8.14. The normalized spacial score (nSPS) is 19.3. The van der Waals surface area contributed by atoms with Crippen molar-refractivity contribution in [2.24, 2.45) is 0 Å². The maximum atomic E-state index is 11.6. The highest BCUT2D eigenvalue weighted by Crippen LogP contribution is 2.31. The number of likely N-dealkylation sites (tertiary alicyclic amines) is 1. The molecule has 2 saturated heterocycles. The van der Waals surface area contributed by atoms with Crippen LogP contribution in [0.2, 0.25) is 0 Å². The van der Waals surface area contributed by atoms with Crippen LogP contribution in [0.15, 0.2) is 5.38 Å². The SMILES string of the molecule is CC(=O)SC1CN(c2nc(CN3C(=O)CCC3=O)cs2)C1.